The Balaban J connectivity index is 1.23. The minimum absolute atomic E-state index is 0.0968. The molecule has 3 aliphatic heterocycles. The number of fused-ring (bicyclic) bond motifs is 4. The molecule has 3 saturated heterocycles. The Morgan fingerprint density at radius 1 is 1.08 bits per heavy atom. The van der Waals surface area contributed by atoms with Crippen LogP contribution >= 0.6 is 0 Å². The van der Waals surface area contributed by atoms with Gasteiger partial charge in [-0.15, -0.1) is 0 Å². The Kier molecular flexibility index (Phi) is 7.54. The van der Waals surface area contributed by atoms with Gasteiger partial charge in [-0.05, 0) is 58.4 Å². The summed E-state index contributed by atoms with van der Waals surface area (Å²) >= 11 is 0. The molecular weight excluding hydrogens is 500 g/mol. The van der Waals surface area contributed by atoms with E-state index in [0.29, 0.717) is 19.4 Å². The lowest BCUT2D eigenvalue weighted by atomic mass is 10.1. The van der Waals surface area contributed by atoms with Crippen molar-refractivity contribution in [1.29, 1.82) is 0 Å². The van der Waals surface area contributed by atoms with Crippen LogP contribution in [0.2, 0.25) is 0 Å². The van der Waals surface area contributed by atoms with Crippen molar-refractivity contribution in [1.82, 2.24) is 15.1 Å². The summed E-state index contributed by atoms with van der Waals surface area (Å²) in [6.07, 6.45) is 0.601. The van der Waals surface area contributed by atoms with E-state index in [1.165, 1.54) is 4.90 Å². The van der Waals surface area contributed by atoms with Gasteiger partial charge in [0.1, 0.15) is 30.2 Å². The number of hydrogen-bond donors (Lipinski definition) is 2. The molecule has 2 aromatic carbocycles. The number of nitrogens with zero attached hydrogens (tertiary/aromatic N) is 2. The van der Waals surface area contributed by atoms with Gasteiger partial charge < -0.3 is 24.8 Å². The van der Waals surface area contributed by atoms with E-state index in [9.17, 15) is 14.4 Å². The average Bonchev–Trinajstić information content (AvgIpc) is 3.55. The molecule has 0 saturated carbocycles. The summed E-state index contributed by atoms with van der Waals surface area (Å²) in [6, 6.07) is 12.4. The molecule has 0 radical (unpaired) electrons. The molecule has 3 heterocycles. The molecule has 6 atom stereocenters. The molecule has 0 spiro atoms. The average molecular weight is 539 g/mol. The first-order chi connectivity index (χ1) is 18.5. The van der Waals surface area contributed by atoms with E-state index < -0.39 is 23.8 Å². The van der Waals surface area contributed by atoms with Gasteiger partial charge in [0.15, 0.2) is 0 Å². The fraction of sp³-hybridized carbons (Fsp3) is 0.552. The van der Waals surface area contributed by atoms with E-state index in [2.05, 4.69) is 10.6 Å². The predicted octanol–water partition coefficient (Wildman–Crippen LogP) is 3.45. The van der Waals surface area contributed by atoms with Crippen LogP contribution in [0.25, 0.3) is 10.8 Å². The second kappa shape index (κ2) is 10.7. The maximum Gasteiger partial charge on any atom is 0.410 e. The number of nitrogens with one attached hydrogen (secondary N) is 2. The van der Waals surface area contributed by atoms with Crippen LogP contribution in [0.15, 0.2) is 42.5 Å². The van der Waals surface area contributed by atoms with Crippen molar-refractivity contribution in [2.24, 2.45) is 0 Å². The summed E-state index contributed by atoms with van der Waals surface area (Å²) in [7, 11) is 1.55. The molecule has 2 N–H and O–H groups in total. The minimum Gasteiger partial charge on any atom is -0.444 e. The number of likely N-dealkylation sites (N-methyl/N-ethyl adjacent to an activating group) is 1. The highest BCUT2D eigenvalue weighted by molar-refractivity contribution is 6.03. The summed E-state index contributed by atoms with van der Waals surface area (Å²) in [5.74, 6) is -0.396. The van der Waals surface area contributed by atoms with Crippen LogP contribution < -0.4 is 10.6 Å². The second-order valence-electron chi connectivity index (χ2n) is 11.5. The van der Waals surface area contributed by atoms with Crippen LogP contribution in [0, 0.1) is 0 Å². The third-order valence-electron chi connectivity index (χ3n) is 7.63. The lowest BCUT2D eigenvalue weighted by Gasteiger charge is -2.32. The zero-order valence-corrected chi connectivity index (χ0v) is 23.2. The number of amides is 3. The molecule has 2 aromatic rings. The molecule has 0 aliphatic carbocycles. The summed E-state index contributed by atoms with van der Waals surface area (Å²) in [5, 5.41) is 8.21. The highest BCUT2D eigenvalue weighted by Gasteiger charge is 2.57. The highest BCUT2D eigenvalue weighted by Crippen LogP contribution is 2.41. The second-order valence-corrected chi connectivity index (χ2v) is 11.5. The minimum atomic E-state index is -0.734. The summed E-state index contributed by atoms with van der Waals surface area (Å²) in [5.41, 5.74) is 0.118. The van der Waals surface area contributed by atoms with Gasteiger partial charge in [0.25, 0.3) is 0 Å². The van der Waals surface area contributed by atoms with Crippen molar-refractivity contribution in [3.05, 3.63) is 42.5 Å². The van der Waals surface area contributed by atoms with Crippen molar-refractivity contribution in [2.45, 2.75) is 89.2 Å². The van der Waals surface area contributed by atoms with Crippen molar-refractivity contribution in [2.75, 3.05) is 19.0 Å². The Labute approximate surface area is 228 Å². The molecule has 2 unspecified atom stereocenters. The Hall–Kier alpha value is -3.21. The van der Waals surface area contributed by atoms with Crippen LogP contribution in [0.3, 0.4) is 0 Å². The van der Waals surface area contributed by atoms with Gasteiger partial charge in [0, 0.05) is 18.1 Å². The van der Waals surface area contributed by atoms with Crippen LogP contribution in [0.5, 0.6) is 0 Å². The molecule has 5 rings (SSSR count). The number of benzene rings is 2. The summed E-state index contributed by atoms with van der Waals surface area (Å²) < 4.78 is 17.6. The van der Waals surface area contributed by atoms with E-state index in [1.807, 2.05) is 47.4 Å². The molecule has 3 amide bonds. The van der Waals surface area contributed by atoms with E-state index in [1.54, 1.807) is 34.7 Å². The topological polar surface area (TPSA) is 113 Å². The Morgan fingerprint density at radius 2 is 1.82 bits per heavy atom. The maximum atomic E-state index is 13.5. The molecule has 210 valence electrons. The zero-order valence-electron chi connectivity index (χ0n) is 23.2. The van der Waals surface area contributed by atoms with Crippen molar-refractivity contribution in [3.63, 3.8) is 0 Å². The fourth-order valence-corrected chi connectivity index (χ4v) is 5.40. The van der Waals surface area contributed by atoms with E-state index in [-0.39, 0.29) is 36.4 Å². The lowest BCUT2D eigenvalue weighted by Crippen LogP contribution is -2.54. The molecule has 3 aliphatic rings. The first-order valence-electron chi connectivity index (χ1n) is 13.6. The first-order valence-corrected chi connectivity index (χ1v) is 13.6. The largest absolute Gasteiger partial charge is 0.444 e. The van der Waals surface area contributed by atoms with Gasteiger partial charge in [-0.1, -0.05) is 36.4 Å². The van der Waals surface area contributed by atoms with Crippen molar-refractivity contribution in [3.8, 4) is 0 Å². The van der Waals surface area contributed by atoms with Gasteiger partial charge in [-0.2, -0.15) is 0 Å². The number of ether oxygens (including phenoxy) is 3. The number of carbonyl (C=O) groups is 3. The molecule has 0 bridgehead atoms. The Morgan fingerprint density at radius 3 is 2.59 bits per heavy atom. The molecule has 10 nitrogen and oxygen atoms in total. The quantitative estimate of drug-likeness (QED) is 0.561. The van der Waals surface area contributed by atoms with Crippen molar-refractivity contribution >= 4 is 34.4 Å². The standard InChI is InChI=1S/C29H38N4O6/c1-17(32(5)28(36)39-29(2,3)4)25(34)31-21-15-16-37-23-14-13-22(33(23)27-24(21)38-27)26(35)30-20-12-8-10-18-9-6-7-11-19(18)20/h6-12,17,21-24,27H,13-16H2,1-5H3,(H,30,35)(H,31,34)/t17-,21-,22-,23-,24?,27?/m0/s1. The SMILES string of the molecule is C[C@@H](C(=O)N[C@H]1CCO[C@H]2CC[C@@H](C(=O)Nc3cccc4ccccc34)N2C2OC21)N(C)C(=O)OC(C)(C)C. The van der Waals surface area contributed by atoms with Crippen LogP contribution in [-0.2, 0) is 23.8 Å². The number of carbonyl (C=O) groups excluding carboxylic acids is 3. The Bertz CT molecular complexity index is 1240. The van der Waals surface area contributed by atoms with Gasteiger partial charge in [0.2, 0.25) is 11.8 Å². The number of rotatable bonds is 5. The van der Waals surface area contributed by atoms with Crippen LogP contribution in [0.4, 0.5) is 10.5 Å². The molecule has 10 heteroatoms. The third-order valence-corrected chi connectivity index (χ3v) is 7.63. The molecule has 0 aromatic heterocycles. The van der Waals surface area contributed by atoms with Crippen LogP contribution in [-0.4, -0.2) is 83.6 Å². The van der Waals surface area contributed by atoms with Gasteiger partial charge in [-0.3, -0.25) is 14.5 Å². The molecule has 39 heavy (non-hydrogen) atoms. The normalized spacial score (nSPS) is 27.4. The van der Waals surface area contributed by atoms with E-state index in [4.69, 9.17) is 14.2 Å². The van der Waals surface area contributed by atoms with Gasteiger partial charge in [0.05, 0.1) is 18.7 Å². The maximum absolute atomic E-state index is 13.5. The molecule has 3 fully saturated rings. The van der Waals surface area contributed by atoms with E-state index >= 15 is 0 Å². The summed E-state index contributed by atoms with van der Waals surface area (Å²) in [4.78, 5) is 42.3. The smallest absolute Gasteiger partial charge is 0.410 e. The number of hydrogen-bond acceptors (Lipinski definition) is 7. The van der Waals surface area contributed by atoms with Gasteiger partial charge >= 0.3 is 6.09 Å². The van der Waals surface area contributed by atoms with Crippen molar-refractivity contribution < 1.29 is 28.6 Å². The monoisotopic (exact) mass is 538 g/mol. The number of epoxide rings is 1. The third kappa shape index (κ3) is 5.88. The zero-order chi connectivity index (χ0) is 27.9. The van der Waals surface area contributed by atoms with Gasteiger partial charge in [-0.25, -0.2) is 9.69 Å². The summed E-state index contributed by atoms with van der Waals surface area (Å²) in [6.45, 7) is 7.43. The fourth-order valence-electron chi connectivity index (χ4n) is 5.40. The van der Waals surface area contributed by atoms with E-state index in [0.717, 1.165) is 22.9 Å². The van der Waals surface area contributed by atoms with Crippen LogP contribution in [0.1, 0.15) is 47.0 Å². The predicted molar refractivity (Wildman–Crippen MR) is 146 cm³/mol. The molecular formula is C29H38N4O6. The first kappa shape index (κ1) is 27.4. The lowest BCUT2D eigenvalue weighted by molar-refractivity contribution is -0.129. The highest BCUT2D eigenvalue weighted by atomic mass is 16.6. The number of anilines is 1.